The van der Waals surface area contributed by atoms with Gasteiger partial charge in [0.05, 0.1) is 22.6 Å². The number of hydrogen-bond acceptors (Lipinski definition) is 5. The highest BCUT2D eigenvalue weighted by atomic mass is 127. The van der Waals surface area contributed by atoms with E-state index in [1.807, 2.05) is 43.0 Å². The van der Waals surface area contributed by atoms with Crippen LogP contribution in [0.4, 0.5) is 0 Å². The fraction of sp³-hybridized carbons (Fsp3) is 0. The van der Waals surface area contributed by atoms with E-state index in [1.54, 1.807) is 10.6 Å². The highest BCUT2D eigenvalue weighted by molar-refractivity contribution is 14.1. The van der Waals surface area contributed by atoms with Gasteiger partial charge in [-0.25, -0.2) is 9.97 Å². The predicted octanol–water partition coefficient (Wildman–Crippen LogP) is 8.64. The second kappa shape index (κ2) is 7.81. The molecule has 0 bridgehead atoms. The Kier molecular flexibility index (Phi) is 4.12. The van der Waals surface area contributed by atoms with Gasteiger partial charge >= 0.3 is 0 Å². The topological polar surface area (TPSA) is 73.0 Å². The van der Waals surface area contributed by atoms with Gasteiger partial charge in [0, 0.05) is 30.2 Å². The van der Waals surface area contributed by atoms with Gasteiger partial charge < -0.3 is 0 Å². The maximum atomic E-state index is 14.7. The number of pyridine rings is 3. The largest absolute Gasteiger partial charge is 0.268 e. The van der Waals surface area contributed by atoms with Crippen LogP contribution in [-0.4, -0.2) is 24.3 Å². The van der Waals surface area contributed by atoms with Crippen LogP contribution in [0.2, 0.25) is 0 Å². The number of nitrogens with zero attached hydrogens (tertiary/aromatic N) is 5. The van der Waals surface area contributed by atoms with Crippen molar-refractivity contribution in [2.45, 2.75) is 0 Å². The number of halogens is 1. The molecule has 5 heterocycles. The Balaban J connectivity index is 1.50. The molecule has 0 radical (unpaired) electrons. The second-order valence-corrected chi connectivity index (χ2v) is 12.7. The Bertz CT molecular complexity index is 3010. The highest BCUT2D eigenvalue weighted by Gasteiger charge is 2.29. The normalized spacial score (nSPS) is 12.8. The lowest BCUT2D eigenvalue weighted by atomic mass is 9.89. The summed E-state index contributed by atoms with van der Waals surface area (Å²) in [6.07, 6.45) is 9.10. The zero-order valence-electron chi connectivity index (χ0n) is 22.8. The number of fused-ring (bicyclic) bond motifs is 7. The van der Waals surface area contributed by atoms with Gasteiger partial charge in [-0.3, -0.25) is 19.2 Å². The maximum absolute atomic E-state index is 14.7. The molecule has 0 aliphatic heterocycles. The third-order valence-electron chi connectivity index (χ3n) is 9.55. The molecule has 11 rings (SSSR count). The monoisotopic (exact) mass is 673 g/mol. The Hall–Kier alpha value is -5.28. The van der Waals surface area contributed by atoms with Gasteiger partial charge in [0.15, 0.2) is 0 Å². The van der Waals surface area contributed by atoms with Gasteiger partial charge in [-0.15, -0.1) is 0 Å². The van der Waals surface area contributed by atoms with Crippen LogP contribution in [0.1, 0.15) is 0 Å². The molecule has 0 atom stereocenters. The molecule has 0 N–H and O–H groups in total. The van der Waals surface area contributed by atoms with Crippen LogP contribution in [0.15, 0.2) is 103 Å². The van der Waals surface area contributed by atoms with Crippen molar-refractivity contribution in [2.75, 3.05) is 0 Å². The van der Waals surface area contributed by atoms with Crippen LogP contribution in [0.25, 0.3) is 104 Å². The minimum absolute atomic E-state index is 0.0591. The lowest BCUT2D eigenvalue weighted by molar-refractivity contribution is 1.19. The van der Waals surface area contributed by atoms with E-state index in [0.29, 0.717) is 11.0 Å². The second-order valence-electron chi connectivity index (χ2n) is 11.6. The van der Waals surface area contributed by atoms with Crippen LogP contribution < -0.4 is 5.56 Å². The lowest BCUT2D eigenvalue weighted by Crippen LogP contribution is -2.06. The van der Waals surface area contributed by atoms with Crippen LogP contribution in [0.3, 0.4) is 0 Å². The average molecular weight is 673 g/mol. The van der Waals surface area contributed by atoms with E-state index in [2.05, 4.69) is 86.1 Å². The van der Waals surface area contributed by atoms with Crippen molar-refractivity contribution in [2.24, 2.45) is 0 Å². The Labute approximate surface area is 261 Å². The molecule has 7 heteroatoms. The minimum Gasteiger partial charge on any atom is -0.268 e. The van der Waals surface area contributed by atoms with Crippen molar-refractivity contribution in [1.82, 2.24) is 24.3 Å². The fourth-order valence-electron chi connectivity index (χ4n) is 7.86. The van der Waals surface area contributed by atoms with E-state index in [9.17, 15) is 4.79 Å². The molecule has 11 aromatic rings. The van der Waals surface area contributed by atoms with Crippen molar-refractivity contribution >= 4 is 104 Å². The van der Waals surface area contributed by atoms with Crippen molar-refractivity contribution in [3.05, 3.63) is 112 Å². The van der Waals surface area contributed by atoms with E-state index in [-0.39, 0.29) is 5.56 Å². The van der Waals surface area contributed by atoms with Crippen molar-refractivity contribution in [1.29, 1.82) is 0 Å². The summed E-state index contributed by atoms with van der Waals surface area (Å²) in [5.41, 5.74) is 6.50. The van der Waals surface area contributed by atoms with Crippen molar-refractivity contribution in [3.8, 4) is 22.3 Å². The minimum atomic E-state index is -0.0591. The van der Waals surface area contributed by atoms with Gasteiger partial charge in [0.2, 0.25) is 0 Å². The molecule has 0 fully saturated rings. The summed E-state index contributed by atoms with van der Waals surface area (Å²) in [5, 5.41) is 13.3. The average Bonchev–Trinajstić information content (AvgIpc) is 3.71. The molecule has 6 nitrogen and oxygen atoms in total. The SMILES string of the molecule is O=c1c2c3cc(-c4ccncc4)c4ccc5ccc6c(-c7ccncc7)cc(c7c6c5c4c37)c2c2nc3cc(I)ncc3n12. The lowest BCUT2D eigenvalue weighted by Gasteiger charge is -2.13. The summed E-state index contributed by atoms with van der Waals surface area (Å²) in [5.74, 6) is 0. The van der Waals surface area contributed by atoms with Gasteiger partial charge in [0.1, 0.15) is 9.35 Å². The molecular weight excluding hydrogens is 657 g/mol. The van der Waals surface area contributed by atoms with Crippen LogP contribution in [0.5, 0.6) is 0 Å². The summed E-state index contributed by atoms with van der Waals surface area (Å²) >= 11 is 2.20. The number of rotatable bonds is 2. The van der Waals surface area contributed by atoms with Crippen LogP contribution in [-0.2, 0) is 0 Å². The van der Waals surface area contributed by atoms with Gasteiger partial charge in [-0.05, 0) is 141 Å². The van der Waals surface area contributed by atoms with Crippen molar-refractivity contribution < 1.29 is 0 Å². The number of imidazole rings is 1. The van der Waals surface area contributed by atoms with Crippen LogP contribution >= 0.6 is 22.6 Å². The molecule has 0 aliphatic carbocycles. The van der Waals surface area contributed by atoms with E-state index >= 15 is 0 Å². The molecule has 6 aromatic carbocycles. The molecule has 44 heavy (non-hydrogen) atoms. The van der Waals surface area contributed by atoms with Gasteiger partial charge in [-0.1, -0.05) is 24.3 Å². The molecule has 0 saturated heterocycles. The summed E-state index contributed by atoms with van der Waals surface area (Å²) in [6, 6.07) is 23.6. The van der Waals surface area contributed by atoms with Crippen LogP contribution in [0, 0.1) is 3.70 Å². The molecule has 0 amide bonds. The zero-order valence-corrected chi connectivity index (χ0v) is 24.9. The first-order chi connectivity index (χ1) is 21.7. The molecule has 202 valence electrons. The van der Waals surface area contributed by atoms with Crippen molar-refractivity contribution in [3.63, 3.8) is 0 Å². The summed E-state index contributed by atoms with van der Waals surface area (Å²) in [7, 11) is 0. The first-order valence-electron chi connectivity index (χ1n) is 14.4. The van der Waals surface area contributed by atoms with E-state index < -0.39 is 0 Å². The predicted molar refractivity (Wildman–Crippen MR) is 186 cm³/mol. The zero-order chi connectivity index (χ0) is 28.8. The third kappa shape index (κ3) is 2.62. The maximum Gasteiger partial charge on any atom is 0.265 e. The number of benzene rings is 5. The molecule has 0 saturated carbocycles. The quantitative estimate of drug-likeness (QED) is 0.104. The Morgan fingerprint density at radius 2 is 1.16 bits per heavy atom. The molecule has 5 aromatic heterocycles. The first-order valence-corrected chi connectivity index (χ1v) is 15.4. The standard InChI is InChI=1S/C37H16IN5O/c38-28-15-26-27(16-41-28)43-36(42-26)34-24-13-22(17-5-9-39-10-6-17)20-3-1-19-2-4-21-23(18-7-11-40-12-8-18)14-25(35(34)37(43)44)33-31(21)29(19)30(20)32(24)33/h1-16H. The van der Waals surface area contributed by atoms with E-state index in [0.717, 1.165) is 58.5 Å². The summed E-state index contributed by atoms with van der Waals surface area (Å²) in [4.78, 5) is 32.9. The molecule has 0 spiro atoms. The number of hydrogen-bond donors (Lipinski definition) is 0. The Morgan fingerprint density at radius 3 is 1.77 bits per heavy atom. The van der Waals surface area contributed by atoms with Gasteiger partial charge in [-0.2, -0.15) is 0 Å². The van der Waals surface area contributed by atoms with Gasteiger partial charge in [0.25, 0.3) is 5.56 Å². The van der Waals surface area contributed by atoms with E-state index in [4.69, 9.17) is 4.98 Å². The van der Waals surface area contributed by atoms with E-state index in [1.165, 1.54) is 37.7 Å². The summed E-state index contributed by atoms with van der Waals surface area (Å²) in [6.45, 7) is 0. The number of aromatic nitrogens is 5. The smallest absolute Gasteiger partial charge is 0.265 e. The first kappa shape index (κ1) is 23.2. The summed E-state index contributed by atoms with van der Waals surface area (Å²) < 4.78 is 2.61. The highest BCUT2D eigenvalue weighted by Crippen LogP contribution is 2.54. The fourth-order valence-corrected chi connectivity index (χ4v) is 8.29. The Morgan fingerprint density at radius 1 is 0.591 bits per heavy atom. The molecular formula is C37H16IN5O. The third-order valence-corrected chi connectivity index (χ3v) is 10.1. The molecule has 0 unspecified atom stereocenters. The molecule has 0 aliphatic rings.